The molecular weight excluding hydrogens is 298 g/mol. The van der Waals surface area contributed by atoms with Crippen LogP contribution in [0.5, 0.6) is 11.5 Å². The van der Waals surface area contributed by atoms with E-state index in [9.17, 15) is 15.0 Å². The summed E-state index contributed by atoms with van der Waals surface area (Å²) < 4.78 is 4.76. The number of nitrogens with one attached hydrogen (secondary N) is 1. The van der Waals surface area contributed by atoms with Crippen LogP contribution >= 0.6 is 0 Å². The summed E-state index contributed by atoms with van der Waals surface area (Å²) >= 11 is 0. The number of aromatic nitrogens is 1. The van der Waals surface area contributed by atoms with Crippen molar-refractivity contribution in [2.24, 2.45) is 10.2 Å². The summed E-state index contributed by atoms with van der Waals surface area (Å²) in [5.41, 5.74) is -0.246. The topological polar surface area (TPSA) is 111 Å². The zero-order valence-electron chi connectivity index (χ0n) is 13.5. The zero-order chi connectivity index (χ0) is 17.5. The molecule has 0 bridgehead atoms. The van der Waals surface area contributed by atoms with E-state index in [0.717, 1.165) is 0 Å². The molecule has 0 saturated carbocycles. The van der Waals surface area contributed by atoms with Crippen molar-refractivity contribution in [1.82, 2.24) is 5.16 Å². The van der Waals surface area contributed by atoms with Crippen LogP contribution < -0.4 is 16.1 Å². The van der Waals surface area contributed by atoms with Gasteiger partial charge in [-0.05, 0) is 6.92 Å². The van der Waals surface area contributed by atoms with Gasteiger partial charge in [0.05, 0.1) is 5.69 Å². The SMILES string of the molecule is C=c1c(C)c(O)c(=C)c(N=Nc2c(C(C)(C)C)[nH]oc2=O)c1O. The molecule has 0 saturated heterocycles. The molecule has 0 aliphatic heterocycles. The van der Waals surface area contributed by atoms with Gasteiger partial charge in [-0.15, -0.1) is 10.2 Å². The lowest BCUT2D eigenvalue weighted by Gasteiger charge is -2.15. The van der Waals surface area contributed by atoms with Crippen molar-refractivity contribution in [3.05, 3.63) is 32.1 Å². The molecule has 0 aliphatic carbocycles. The third kappa shape index (κ3) is 2.77. The number of azo groups is 1. The minimum atomic E-state index is -0.671. The van der Waals surface area contributed by atoms with Crippen molar-refractivity contribution in [2.75, 3.05) is 0 Å². The molecular formula is C16H19N3O4. The number of aromatic hydroxyl groups is 2. The quantitative estimate of drug-likeness (QED) is 0.582. The van der Waals surface area contributed by atoms with Crippen molar-refractivity contribution in [1.29, 1.82) is 0 Å². The molecule has 0 amide bonds. The smallest absolute Gasteiger partial charge is 0.384 e. The summed E-state index contributed by atoms with van der Waals surface area (Å²) in [5.74, 6) is -0.370. The molecule has 0 atom stereocenters. The first-order chi connectivity index (χ1) is 10.6. The average Bonchev–Trinajstić information content (AvgIpc) is 2.84. The molecule has 2 aromatic rings. The molecule has 0 unspecified atom stereocenters. The first kappa shape index (κ1) is 16.5. The van der Waals surface area contributed by atoms with E-state index in [4.69, 9.17) is 4.52 Å². The summed E-state index contributed by atoms with van der Waals surface area (Å²) in [7, 11) is 0. The Morgan fingerprint density at radius 2 is 1.61 bits per heavy atom. The summed E-state index contributed by atoms with van der Waals surface area (Å²) in [6.07, 6.45) is 0. The average molecular weight is 317 g/mol. The van der Waals surface area contributed by atoms with Gasteiger partial charge < -0.3 is 14.7 Å². The van der Waals surface area contributed by atoms with Crippen molar-refractivity contribution < 1.29 is 14.7 Å². The molecule has 0 aliphatic rings. The highest BCUT2D eigenvalue weighted by Crippen LogP contribution is 2.29. The molecule has 1 aromatic carbocycles. The molecule has 0 fully saturated rings. The number of phenolic OH excluding ortho intramolecular Hbond substituents is 2. The Labute approximate surface area is 132 Å². The molecule has 0 radical (unpaired) electrons. The molecule has 1 heterocycles. The van der Waals surface area contributed by atoms with E-state index in [0.29, 0.717) is 11.3 Å². The molecule has 7 heteroatoms. The van der Waals surface area contributed by atoms with Crippen LogP contribution in [0.25, 0.3) is 13.2 Å². The Hall–Kier alpha value is -2.83. The lowest BCUT2D eigenvalue weighted by atomic mass is 9.91. The van der Waals surface area contributed by atoms with Crippen molar-refractivity contribution in [2.45, 2.75) is 33.1 Å². The van der Waals surface area contributed by atoms with Crippen LogP contribution in [-0.2, 0) is 5.41 Å². The Morgan fingerprint density at radius 3 is 2.17 bits per heavy atom. The number of H-pyrrole nitrogens is 1. The third-order valence-corrected chi connectivity index (χ3v) is 3.57. The minimum Gasteiger partial charge on any atom is -0.507 e. The first-order valence-electron chi connectivity index (χ1n) is 6.91. The maximum Gasteiger partial charge on any atom is 0.384 e. The molecule has 1 aromatic heterocycles. The highest BCUT2D eigenvalue weighted by molar-refractivity contribution is 5.61. The van der Waals surface area contributed by atoms with E-state index < -0.39 is 11.0 Å². The fourth-order valence-corrected chi connectivity index (χ4v) is 2.05. The van der Waals surface area contributed by atoms with Gasteiger partial charge in [-0.1, -0.05) is 33.9 Å². The van der Waals surface area contributed by atoms with Crippen LogP contribution in [0.1, 0.15) is 32.0 Å². The van der Waals surface area contributed by atoms with Crippen LogP contribution in [0.15, 0.2) is 19.5 Å². The molecule has 2 rings (SSSR count). The third-order valence-electron chi connectivity index (χ3n) is 3.57. The van der Waals surface area contributed by atoms with Crippen molar-refractivity contribution in [3.63, 3.8) is 0 Å². The van der Waals surface area contributed by atoms with Crippen LogP contribution in [-0.4, -0.2) is 15.4 Å². The number of hydrogen-bond acceptors (Lipinski definition) is 6. The van der Waals surface area contributed by atoms with E-state index in [1.807, 2.05) is 20.8 Å². The second kappa shape index (κ2) is 5.42. The summed E-state index contributed by atoms with van der Waals surface area (Å²) in [4.78, 5) is 11.8. The molecule has 7 nitrogen and oxygen atoms in total. The van der Waals surface area contributed by atoms with Gasteiger partial charge in [0.15, 0.2) is 11.4 Å². The normalized spacial score (nSPS) is 12.2. The number of hydrogen-bond donors (Lipinski definition) is 3. The Balaban J connectivity index is 2.65. The number of nitrogens with zero attached hydrogens (tertiary/aromatic N) is 2. The Bertz CT molecular complexity index is 946. The van der Waals surface area contributed by atoms with Gasteiger partial charge >= 0.3 is 5.63 Å². The van der Waals surface area contributed by atoms with E-state index in [1.54, 1.807) is 6.92 Å². The van der Waals surface area contributed by atoms with Gasteiger partial charge in [0.2, 0.25) is 0 Å². The molecule has 122 valence electrons. The van der Waals surface area contributed by atoms with E-state index in [1.165, 1.54) is 0 Å². The summed E-state index contributed by atoms with van der Waals surface area (Å²) in [6.45, 7) is 14.6. The highest BCUT2D eigenvalue weighted by Gasteiger charge is 2.24. The monoisotopic (exact) mass is 317 g/mol. The zero-order valence-corrected chi connectivity index (χ0v) is 13.5. The molecule has 23 heavy (non-hydrogen) atoms. The number of aromatic amines is 1. The van der Waals surface area contributed by atoms with Crippen LogP contribution in [0.4, 0.5) is 11.4 Å². The Kier molecular flexibility index (Phi) is 3.90. The first-order valence-corrected chi connectivity index (χ1v) is 6.91. The van der Waals surface area contributed by atoms with Gasteiger partial charge in [-0.2, -0.15) is 0 Å². The molecule has 0 spiro atoms. The Morgan fingerprint density at radius 1 is 1.04 bits per heavy atom. The van der Waals surface area contributed by atoms with E-state index in [-0.39, 0.29) is 33.3 Å². The highest BCUT2D eigenvalue weighted by atomic mass is 16.5. The number of rotatable bonds is 2. The van der Waals surface area contributed by atoms with E-state index >= 15 is 0 Å². The molecule has 3 N–H and O–H groups in total. The van der Waals surface area contributed by atoms with Gasteiger partial charge in [-0.3, -0.25) is 0 Å². The lowest BCUT2D eigenvalue weighted by molar-refractivity contribution is 0.370. The predicted octanol–water partition coefficient (Wildman–Crippen LogP) is 2.22. The van der Waals surface area contributed by atoms with Crippen LogP contribution in [0.2, 0.25) is 0 Å². The second-order valence-corrected chi connectivity index (χ2v) is 6.29. The second-order valence-electron chi connectivity index (χ2n) is 6.29. The van der Waals surface area contributed by atoms with Crippen molar-refractivity contribution >= 4 is 24.5 Å². The standard InChI is InChI=1S/C16H19N3O4/c1-7-8(2)13(21)10(9(3)12(7)20)17-18-11-14(16(4,5)6)19-23-15(11)22/h19-21H,2-3H2,1,4-6H3. The lowest BCUT2D eigenvalue weighted by Crippen LogP contribution is -2.13. The predicted molar refractivity (Wildman–Crippen MR) is 87.0 cm³/mol. The van der Waals surface area contributed by atoms with E-state index in [2.05, 4.69) is 28.5 Å². The maximum absolute atomic E-state index is 11.8. The summed E-state index contributed by atoms with van der Waals surface area (Å²) in [6, 6.07) is 0. The fraction of sp³-hybridized carbons (Fsp3) is 0.312. The number of phenols is 2. The fourth-order valence-electron chi connectivity index (χ4n) is 2.05. The summed E-state index contributed by atoms with van der Waals surface area (Å²) in [5, 5.41) is 30.7. The van der Waals surface area contributed by atoms with Gasteiger partial charge in [0, 0.05) is 21.4 Å². The van der Waals surface area contributed by atoms with Gasteiger partial charge in [0.25, 0.3) is 0 Å². The maximum atomic E-state index is 11.8. The van der Waals surface area contributed by atoms with Gasteiger partial charge in [-0.25, -0.2) is 9.95 Å². The van der Waals surface area contributed by atoms with Crippen molar-refractivity contribution in [3.8, 4) is 11.5 Å². The van der Waals surface area contributed by atoms with Crippen LogP contribution in [0.3, 0.4) is 0 Å². The minimum absolute atomic E-state index is 0.00183. The largest absolute Gasteiger partial charge is 0.507 e. The van der Waals surface area contributed by atoms with Crippen LogP contribution in [0, 0.1) is 6.92 Å². The number of benzene rings is 1. The van der Waals surface area contributed by atoms with Gasteiger partial charge in [0.1, 0.15) is 11.4 Å².